The molecule has 3 nitrogen and oxygen atoms in total. The molecule has 2 aromatic carbocycles. The van der Waals surface area contributed by atoms with E-state index in [1.165, 1.54) is 18.2 Å². The van der Waals surface area contributed by atoms with Crippen molar-refractivity contribution in [3.63, 3.8) is 0 Å². The lowest BCUT2D eigenvalue weighted by Crippen LogP contribution is -2.31. The van der Waals surface area contributed by atoms with E-state index in [0.29, 0.717) is 12.2 Å². The van der Waals surface area contributed by atoms with E-state index in [4.69, 9.17) is 4.74 Å². The van der Waals surface area contributed by atoms with Gasteiger partial charge in [-0.25, -0.2) is 4.39 Å². The molecule has 4 rings (SSSR count). The van der Waals surface area contributed by atoms with Crippen molar-refractivity contribution in [1.82, 2.24) is 0 Å². The van der Waals surface area contributed by atoms with Crippen LogP contribution in [-0.4, -0.2) is 10.6 Å². The van der Waals surface area contributed by atoms with Crippen LogP contribution >= 0.6 is 0 Å². The van der Waals surface area contributed by atoms with E-state index in [1.54, 1.807) is 0 Å². The number of hydrogen-bond donors (Lipinski definition) is 2. The van der Waals surface area contributed by atoms with Gasteiger partial charge in [0.05, 0.1) is 5.54 Å². The molecule has 0 saturated carbocycles. The predicted molar refractivity (Wildman–Crippen MR) is 84.0 cm³/mol. The van der Waals surface area contributed by atoms with Crippen molar-refractivity contribution >= 4 is 11.4 Å². The van der Waals surface area contributed by atoms with E-state index in [2.05, 4.69) is 25.2 Å². The second-order valence-corrected chi connectivity index (χ2v) is 6.32. The smallest absolute Gasteiger partial charge is 0.127 e. The van der Waals surface area contributed by atoms with Gasteiger partial charge in [-0.05, 0) is 49.8 Å². The molecule has 2 aliphatic heterocycles. The Balaban J connectivity index is 1.95. The lowest BCUT2D eigenvalue weighted by molar-refractivity contribution is 0.283. The quantitative estimate of drug-likeness (QED) is 0.825. The van der Waals surface area contributed by atoms with Crippen LogP contribution in [0.3, 0.4) is 0 Å². The number of rotatable bonds is 1. The van der Waals surface area contributed by atoms with Crippen LogP contribution in [0.25, 0.3) is 16.9 Å². The Bertz CT molecular complexity index is 824. The van der Waals surface area contributed by atoms with Crippen molar-refractivity contribution in [2.75, 3.05) is 5.32 Å². The molecule has 4 heteroatoms. The Kier molecular flexibility index (Phi) is 2.55. The molecule has 0 fully saturated rings. The van der Waals surface area contributed by atoms with Crippen molar-refractivity contribution in [2.45, 2.75) is 26.0 Å². The average Bonchev–Trinajstić information content (AvgIpc) is 2.86. The number of ether oxygens (including phenoxy) is 1. The first-order valence-electron chi connectivity index (χ1n) is 7.24. The third-order valence-corrected chi connectivity index (χ3v) is 4.13. The zero-order chi connectivity index (χ0) is 15.5. The summed E-state index contributed by atoms with van der Waals surface area (Å²) >= 11 is 0. The van der Waals surface area contributed by atoms with Crippen LogP contribution in [0.4, 0.5) is 10.1 Å². The van der Waals surface area contributed by atoms with Gasteiger partial charge in [-0.3, -0.25) is 0 Å². The zero-order valence-electron chi connectivity index (χ0n) is 12.4. The van der Waals surface area contributed by atoms with Crippen LogP contribution in [0.2, 0.25) is 0 Å². The number of phenols is 1. The second kappa shape index (κ2) is 4.26. The minimum atomic E-state index is -0.369. The largest absolute Gasteiger partial charge is 0.507 e. The summed E-state index contributed by atoms with van der Waals surface area (Å²) < 4.78 is 19.4. The van der Waals surface area contributed by atoms with Crippen LogP contribution < -0.4 is 5.32 Å². The summed E-state index contributed by atoms with van der Waals surface area (Å²) in [6.07, 6.45) is 2.06. The Morgan fingerprint density at radius 3 is 2.82 bits per heavy atom. The lowest BCUT2D eigenvalue weighted by Gasteiger charge is -2.30. The number of phenolic OH excluding ortho intramolecular Hbond substituents is 1. The molecule has 2 aliphatic rings. The maximum atomic E-state index is 13.6. The van der Waals surface area contributed by atoms with E-state index < -0.39 is 0 Å². The topological polar surface area (TPSA) is 41.5 Å². The molecule has 0 unspecified atom stereocenters. The molecule has 2 aromatic rings. The Labute approximate surface area is 128 Å². The Morgan fingerprint density at radius 2 is 2.00 bits per heavy atom. The van der Waals surface area contributed by atoms with Crippen molar-refractivity contribution in [3.05, 3.63) is 53.4 Å². The van der Waals surface area contributed by atoms with Gasteiger partial charge in [-0.1, -0.05) is 6.07 Å². The molecule has 0 amide bonds. The molecule has 112 valence electrons. The fourth-order valence-corrected chi connectivity index (χ4v) is 3.21. The highest BCUT2D eigenvalue weighted by atomic mass is 19.1. The summed E-state index contributed by atoms with van der Waals surface area (Å²) in [5.41, 5.74) is 4.13. The SMILES string of the molecule is CC1(C)C=C2OCc3c(-c4cc(F)ccc4O)ccc(c32)N1. The van der Waals surface area contributed by atoms with Gasteiger partial charge in [-0.2, -0.15) is 0 Å². The summed E-state index contributed by atoms with van der Waals surface area (Å²) in [5.74, 6) is 0.553. The minimum Gasteiger partial charge on any atom is -0.507 e. The van der Waals surface area contributed by atoms with Gasteiger partial charge in [-0.15, -0.1) is 0 Å². The Hall–Kier alpha value is -2.49. The van der Waals surface area contributed by atoms with Gasteiger partial charge < -0.3 is 15.2 Å². The second-order valence-electron chi connectivity index (χ2n) is 6.32. The van der Waals surface area contributed by atoms with Gasteiger partial charge in [0, 0.05) is 22.4 Å². The molecular formula is C18H16FNO2. The van der Waals surface area contributed by atoms with Crippen molar-refractivity contribution in [2.24, 2.45) is 0 Å². The summed E-state index contributed by atoms with van der Waals surface area (Å²) in [6, 6.07) is 7.86. The number of benzene rings is 2. The molecule has 0 atom stereocenters. The first kappa shape index (κ1) is 13.2. The summed E-state index contributed by atoms with van der Waals surface area (Å²) in [5, 5.41) is 13.5. The minimum absolute atomic E-state index is 0.0686. The molecule has 0 saturated heterocycles. The highest BCUT2D eigenvalue weighted by Crippen LogP contribution is 2.46. The van der Waals surface area contributed by atoms with E-state index in [9.17, 15) is 9.50 Å². The van der Waals surface area contributed by atoms with E-state index in [1.807, 2.05) is 12.1 Å². The standard InChI is InChI=1S/C18H16FNO2/c1-18(2)8-16-17-13(9-22-16)11(4-5-14(17)20-18)12-7-10(19)3-6-15(12)21/h3-8,20-21H,9H2,1-2H3. The van der Waals surface area contributed by atoms with E-state index in [-0.39, 0.29) is 17.1 Å². The average molecular weight is 297 g/mol. The Morgan fingerprint density at radius 1 is 1.18 bits per heavy atom. The van der Waals surface area contributed by atoms with Gasteiger partial charge in [0.25, 0.3) is 0 Å². The molecule has 0 aliphatic carbocycles. The molecule has 2 N–H and O–H groups in total. The molecule has 0 aromatic heterocycles. The molecule has 2 heterocycles. The molecule has 0 bridgehead atoms. The third kappa shape index (κ3) is 1.87. The molecular weight excluding hydrogens is 281 g/mol. The normalized spacial score (nSPS) is 17.3. The third-order valence-electron chi connectivity index (χ3n) is 4.13. The van der Waals surface area contributed by atoms with Crippen molar-refractivity contribution in [3.8, 4) is 16.9 Å². The van der Waals surface area contributed by atoms with E-state index >= 15 is 0 Å². The van der Waals surface area contributed by atoms with Gasteiger partial charge >= 0.3 is 0 Å². The fraction of sp³-hybridized carbons (Fsp3) is 0.222. The van der Waals surface area contributed by atoms with Crippen LogP contribution in [0.1, 0.15) is 25.0 Å². The number of anilines is 1. The molecule has 0 radical (unpaired) electrons. The number of halogens is 1. The van der Waals surface area contributed by atoms with Crippen LogP contribution in [-0.2, 0) is 11.3 Å². The van der Waals surface area contributed by atoms with Crippen LogP contribution in [0.15, 0.2) is 36.4 Å². The molecule has 0 spiro atoms. The van der Waals surface area contributed by atoms with Crippen LogP contribution in [0, 0.1) is 5.82 Å². The lowest BCUT2D eigenvalue weighted by atomic mass is 9.89. The summed E-state index contributed by atoms with van der Waals surface area (Å²) in [6.45, 7) is 4.59. The summed E-state index contributed by atoms with van der Waals surface area (Å²) in [7, 11) is 0. The first-order chi connectivity index (χ1) is 10.4. The van der Waals surface area contributed by atoms with Crippen molar-refractivity contribution in [1.29, 1.82) is 0 Å². The zero-order valence-corrected chi connectivity index (χ0v) is 12.4. The monoisotopic (exact) mass is 297 g/mol. The molecule has 22 heavy (non-hydrogen) atoms. The van der Waals surface area contributed by atoms with Gasteiger partial charge in [0.2, 0.25) is 0 Å². The van der Waals surface area contributed by atoms with Gasteiger partial charge in [0.1, 0.15) is 23.9 Å². The number of hydrogen-bond acceptors (Lipinski definition) is 3. The van der Waals surface area contributed by atoms with Gasteiger partial charge in [0.15, 0.2) is 0 Å². The maximum Gasteiger partial charge on any atom is 0.127 e. The number of aromatic hydroxyl groups is 1. The van der Waals surface area contributed by atoms with E-state index in [0.717, 1.165) is 28.1 Å². The summed E-state index contributed by atoms with van der Waals surface area (Å²) in [4.78, 5) is 0. The highest BCUT2D eigenvalue weighted by Gasteiger charge is 2.33. The first-order valence-corrected chi connectivity index (χ1v) is 7.24. The fourth-order valence-electron chi connectivity index (χ4n) is 3.21. The number of nitrogens with one attached hydrogen (secondary N) is 1. The van der Waals surface area contributed by atoms with Crippen molar-refractivity contribution < 1.29 is 14.2 Å². The maximum absolute atomic E-state index is 13.6. The highest BCUT2D eigenvalue weighted by molar-refractivity contribution is 5.88. The van der Waals surface area contributed by atoms with Crippen LogP contribution in [0.5, 0.6) is 5.75 Å². The predicted octanol–water partition coefficient (Wildman–Crippen LogP) is 4.27.